The van der Waals surface area contributed by atoms with Crippen molar-refractivity contribution in [3.8, 4) is 0 Å². The second-order valence-electron chi connectivity index (χ2n) is 3.45. The number of aliphatic hydroxyl groups is 1. The van der Waals surface area contributed by atoms with Crippen molar-refractivity contribution in [2.75, 3.05) is 13.2 Å². The molecular formula is C10H23NO. The van der Waals surface area contributed by atoms with Gasteiger partial charge >= 0.3 is 0 Å². The Labute approximate surface area is 76.4 Å². The van der Waals surface area contributed by atoms with Crippen LogP contribution in [-0.2, 0) is 0 Å². The molecule has 0 aliphatic heterocycles. The second kappa shape index (κ2) is 7.56. The topological polar surface area (TPSA) is 32.3 Å². The highest BCUT2D eigenvalue weighted by Gasteiger charge is 2.30. The van der Waals surface area contributed by atoms with Crippen LogP contribution in [-0.4, -0.2) is 24.3 Å². The molecule has 0 aromatic heterocycles. The normalized spacial score (nSPS) is 26.0. The molecule has 0 saturated heterocycles. The number of nitrogens with one attached hydrogen (secondary N) is 1. The van der Waals surface area contributed by atoms with E-state index in [-0.39, 0.29) is 0 Å². The monoisotopic (exact) mass is 173 g/mol. The summed E-state index contributed by atoms with van der Waals surface area (Å²) < 4.78 is 0. The van der Waals surface area contributed by atoms with Crippen molar-refractivity contribution in [3.05, 3.63) is 0 Å². The average molecular weight is 173 g/mol. The fourth-order valence-corrected chi connectivity index (χ4v) is 1.03. The van der Waals surface area contributed by atoms with Crippen LogP contribution in [0.1, 0.15) is 40.0 Å². The Morgan fingerprint density at radius 3 is 2.08 bits per heavy atom. The summed E-state index contributed by atoms with van der Waals surface area (Å²) >= 11 is 0. The largest absolute Gasteiger partial charge is 0.396 e. The van der Waals surface area contributed by atoms with E-state index in [9.17, 15) is 0 Å². The maximum absolute atomic E-state index is 8.07. The first-order valence-corrected chi connectivity index (χ1v) is 5.10. The van der Waals surface area contributed by atoms with Crippen molar-refractivity contribution >= 4 is 0 Å². The highest BCUT2D eigenvalue weighted by molar-refractivity contribution is 4.88. The maximum atomic E-state index is 8.07. The third kappa shape index (κ3) is 6.62. The van der Waals surface area contributed by atoms with Crippen molar-refractivity contribution in [1.82, 2.24) is 5.32 Å². The van der Waals surface area contributed by atoms with Crippen molar-refractivity contribution in [2.24, 2.45) is 5.92 Å². The minimum atomic E-state index is 0.344. The summed E-state index contributed by atoms with van der Waals surface area (Å²) in [5.74, 6) is 0.958. The van der Waals surface area contributed by atoms with Crippen LogP contribution < -0.4 is 5.32 Å². The first kappa shape index (κ1) is 11.9. The number of hydrogen-bond acceptors (Lipinski definition) is 2. The zero-order valence-corrected chi connectivity index (χ0v) is 8.64. The van der Waals surface area contributed by atoms with E-state index >= 15 is 0 Å². The average Bonchev–Trinajstić information content (AvgIpc) is 2.70. The molecule has 0 radical (unpaired) electrons. The Bertz CT molecular complexity index is 93.8. The SMILES string of the molecule is CCCCO.CCNC1CC1C. The Kier molecular flexibility index (Phi) is 7.51. The van der Waals surface area contributed by atoms with Crippen LogP contribution in [0.5, 0.6) is 0 Å². The molecule has 2 unspecified atom stereocenters. The summed E-state index contributed by atoms with van der Waals surface area (Å²) in [6.45, 7) is 7.97. The van der Waals surface area contributed by atoms with Gasteiger partial charge in [-0.05, 0) is 25.3 Å². The maximum Gasteiger partial charge on any atom is 0.0430 e. The Morgan fingerprint density at radius 2 is 2.00 bits per heavy atom. The molecule has 2 atom stereocenters. The summed E-state index contributed by atoms with van der Waals surface area (Å²) in [5.41, 5.74) is 0. The Hall–Kier alpha value is -0.0800. The lowest BCUT2D eigenvalue weighted by Crippen LogP contribution is -2.16. The van der Waals surface area contributed by atoms with E-state index < -0.39 is 0 Å². The van der Waals surface area contributed by atoms with Crippen molar-refractivity contribution in [1.29, 1.82) is 0 Å². The van der Waals surface area contributed by atoms with Crippen LogP contribution in [0, 0.1) is 5.92 Å². The van der Waals surface area contributed by atoms with Gasteiger partial charge in [-0.25, -0.2) is 0 Å². The Morgan fingerprint density at radius 1 is 1.42 bits per heavy atom. The molecule has 2 N–H and O–H groups in total. The molecular weight excluding hydrogens is 150 g/mol. The third-order valence-electron chi connectivity index (χ3n) is 2.09. The fourth-order valence-electron chi connectivity index (χ4n) is 1.03. The fraction of sp³-hybridized carbons (Fsp3) is 1.00. The van der Waals surface area contributed by atoms with Crippen LogP contribution in [0.3, 0.4) is 0 Å². The smallest absolute Gasteiger partial charge is 0.0430 e. The summed E-state index contributed by atoms with van der Waals surface area (Å²) in [6.07, 6.45) is 3.43. The molecule has 1 fully saturated rings. The lowest BCUT2D eigenvalue weighted by Gasteiger charge is -1.92. The summed E-state index contributed by atoms with van der Waals surface area (Å²) in [6, 6.07) is 0.866. The van der Waals surface area contributed by atoms with Crippen molar-refractivity contribution in [2.45, 2.75) is 46.1 Å². The molecule has 1 aliphatic carbocycles. The molecule has 1 rings (SSSR count). The van der Waals surface area contributed by atoms with Crippen LogP contribution in [0.4, 0.5) is 0 Å². The molecule has 0 aromatic rings. The van der Waals surface area contributed by atoms with E-state index in [0.717, 1.165) is 31.3 Å². The van der Waals surface area contributed by atoms with Gasteiger partial charge in [-0.3, -0.25) is 0 Å². The number of aliphatic hydroxyl groups excluding tert-OH is 1. The molecule has 2 heteroatoms. The van der Waals surface area contributed by atoms with Gasteiger partial charge in [-0.15, -0.1) is 0 Å². The summed E-state index contributed by atoms with van der Waals surface area (Å²) in [4.78, 5) is 0. The first-order chi connectivity index (χ1) is 5.76. The van der Waals surface area contributed by atoms with E-state index in [1.54, 1.807) is 0 Å². The zero-order chi connectivity index (χ0) is 9.40. The van der Waals surface area contributed by atoms with Gasteiger partial charge in [0.15, 0.2) is 0 Å². The highest BCUT2D eigenvalue weighted by atomic mass is 16.2. The second-order valence-corrected chi connectivity index (χ2v) is 3.45. The number of hydrogen-bond donors (Lipinski definition) is 2. The zero-order valence-electron chi connectivity index (χ0n) is 8.64. The minimum Gasteiger partial charge on any atom is -0.396 e. The first-order valence-electron chi connectivity index (χ1n) is 5.10. The van der Waals surface area contributed by atoms with E-state index in [1.165, 1.54) is 6.42 Å². The predicted octanol–water partition coefficient (Wildman–Crippen LogP) is 1.78. The van der Waals surface area contributed by atoms with Gasteiger partial charge in [0.2, 0.25) is 0 Å². The van der Waals surface area contributed by atoms with Crippen LogP contribution in [0.25, 0.3) is 0 Å². The van der Waals surface area contributed by atoms with Gasteiger partial charge in [0.05, 0.1) is 0 Å². The molecule has 0 aromatic carbocycles. The van der Waals surface area contributed by atoms with Gasteiger partial charge in [-0.2, -0.15) is 0 Å². The standard InChI is InChI=1S/C6H13N.C4H10O/c1-3-7-6-4-5(6)2;1-2-3-4-5/h5-7H,3-4H2,1-2H3;5H,2-4H2,1H3. The van der Waals surface area contributed by atoms with Crippen LogP contribution >= 0.6 is 0 Å². The van der Waals surface area contributed by atoms with Crippen molar-refractivity contribution in [3.63, 3.8) is 0 Å². The van der Waals surface area contributed by atoms with Gasteiger partial charge in [0.1, 0.15) is 0 Å². The molecule has 0 heterocycles. The third-order valence-corrected chi connectivity index (χ3v) is 2.09. The predicted molar refractivity (Wildman–Crippen MR) is 53.2 cm³/mol. The molecule has 0 spiro atoms. The minimum absolute atomic E-state index is 0.344. The molecule has 74 valence electrons. The highest BCUT2D eigenvalue weighted by Crippen LogP contribution is 2.28. The molecule has 0 bridgehead atoms. The summed E-state index contributed by atoms with van der Waals surface area (Å²) in [7, 11) is 0. The van der Waals surface area contributed by atoms with E-state index in [1.807, 2.05) is 0 Å². The van der Waals surface area contributed by atoms with Crippen LogP contribution in [0.15, 0.2) is 0 Å². The van der Waals surface area contributed by atoms with Gasteiger partial charge < -0.3 is 10.4 Å². The van der Waals surface area contributed by atoms with Gasteiger partial charge in [0, 0.05) is 12.6 Å². The molecule has 1 saturated carbocycles. The van der Waals surface area contributed by atoms with Crippen LogP contribution in [0.2, 0.25) is 0 Å². The molecule has 2 nitrogen and oxygen atoms in total. The van der Waals surface area contributed by atoms with Gasteiger partial charge in [-0.1, -0.05) is 27.2 Å². The van der Waals surface area contributed by atoms with E-state index in [0.29, 0.717) is 6.61 Å². The summed E-state index contributed by atoms with van der Waals surface area (Å²) in [5, 5.41) is 11.4. The van der Waals surface area contributed by atoms with E-state index in [4.69, 9.17) is 5.11 Å². The lowest BCUT2D eigenvalue weighted by atomic mass is 10.4. The van der Waals surface area contributed by atoms with Gasteiger partial charge in [0.25, 0.3) is 0 Å². The van der Waals surface area contributed by atoms with Crippen molar-refractivity contribution < 1.29 is 5.11 Å². The van der Waals surface area contributed by atoms with E-state index in [2.05, 4.69) is 26.1 Å². The Balaban J connectivity index is 0.000000217. The quantitative estimate of drug-likeness (QED) is 0.679. The number of rotatable bonds is 4. The molecule has 12 heavy (non-hydrogen) atoms. The molecule has 1 aliphatic rings. The lowest BCUT2D eigenvalue weighted by molar-refractivity contribution is 0.287. The molecule has 0 amide bonds. The number of unbranched alkanes of at least 4 members (excludes halogenated alkanes) is 1.